The van der Waals surface area contributed by atoms with Crippen molar-refractivity contribution in [1.29, 1.82) is 0 Å². The minimum absolute atomic E-state index is 0. The van der Waals surface area contributed by atoms with Gasteiger partial charge in [0, 0.05) is 0 Å². The standard InChI is InChI=1S/C8H16.2BrH.2Mg/c1-5-7(3)8(4)6-2;;;;/h7-8H,3-6H2,1-2H3;2*1H;;/q-2;;;2*+2/p-2. The van der Waals surface area contributed by atoms with E-state index in [9.17, 15) is 0 Å². The Morgan fingerprint density at radius 3 is 1.08 bits per heavy atom. The summed E-state index contributed by atoms with van der Waals surface area (Å²) < 4.78 is 0. The van der Waals surface area contributed by atoms with Gasteiger partial charge in [-0.1, -0.05) is 26.7 Å². The first-order valence-electron chi connectivity index (χ1n) is 3.38. The van der Waals surface area contributed by atoms with Gasteiger partial charge in [0.1, 0.15) is 0 Å². The van der Waals surface area contributed by atoms with E-state index in [1.165, 1.54) is 0 Å². The fraction of sp³-hybridized carbons (Fsp3) is 0.750. The summed E-state index contributed by atoms with van der Waals surface area (Å²) in [5.41, 5.74) is 0. The van der Waals surface area contributed by atoms with Gasteiger partial charge in [-0.2, -0.15) is 11.8 Å². The normalized spacial score (nSPS) is 12.0. The molecule has 0 aliphatic rings. The van der Waals surface area contributed by atoms with E-state index in [1.807, 2.05) is 0 Å². The third-order valence-electron chi connectivity index (χ3n) is 1.72. The Kier molecular flexibility index (Phi) is 46.7. The van der Waals surface area contributed by atoms with Crippen molar-refractivity contribution in [2.45, 2.75) is 26.7 Å². The van der Waals surface area contributed by atoms with Gasteiger partial charge in [0.15, 0.2) is 0 Å². The second-order valence-corrected chi connectivity index (χ2v) is 2.34. The van der Waals surface area contributed by atoms with Crippen molar-refractivity contribution in [2.75, 3.05) is 0 Å². The molecule has 0 aliphatic carbocycles. The summed E-state index contributed by atoms with van der Waals surface area (Å²) in [6, 6.07) is 0. The van der Waals surface area contributed by atoms with Crippen LogP contribution in [0.1, 0.15) is 26.7 Å². The summed E-state index contributed by atoms with van der Waals surface area (Å²) in [4.78, 5) is 0. The van der Waals surface area contributed by atoms with Crippen molar-refractivity contribution in [1.82, 2.24) is 0 Å². The van der Waals surface area contributed by atoms with Gasteiger partial charge in [0.05, 0.1) is 0 Å². The van der Waals surface area contributed by atoms with Crippen LogP contribution in [0.5, 0.6) is 0 Å². The molecule has 12 heavy (non-hydrogen) atoms. The SMILES string of the molecule is [Br-].[Br-].[CH2-]C(CC)C([CH2-])CC.[Mg+2].[Mg+2]. The number of halogens is 2. The number of hydrogen-bond donors (Lipinski definition) is 0. The predicted octanol–water partition coefficient (Wildman–Crippen LogP) is -4.05. The summed E-state index contributed by atoms with van der Waals surface area (Å²) >= 11 is 0. The summed E-state index contributed by atoms with van der Waals surface area (Å²) in [7, 11) is 0. The second-order valence-electron chi connectivity index (χ2n) is 2.34. The van der Waals surface area contributed by atoms with Crippen LogP contribution in [0.25, 0.3) is 0 Å². The molecule has 0 bridgehead atoms. The molecule has 0 spiro atoms. The quantitative estimate of drug-likeness (QED) is 0.367. The summed E-state index contributed by atoms with van der Waals surface area (Å²) in [6.07, 6.45) is 2.31. The van der Waals surface area contributed by atoms with E-state index in [0.29, 0.717) is 11.8 Å². The first-order chi connectivity index (χ1) is 3.72. The molecule has 0 aromatic rings. The summed E-state index contributed by atoms with van der Waals surface area (Å²) in [5.74, 6) is 1.11. The first kappa shape index (κ1) is 29.3. The van der Waals surface area contributed by atoms with Crippen molar-refractivity contribution in [3.8, 4) is 0 Å². The molecule has 2 unspecified atom stereocenters. The molecular weight excluding hydrogens is 305 g/mol. The van der Waals surface area contributed by atoms with Crippen LogP contribution in [0, 0.1) is 25.7 Å². The van der Waals surface area contributed by atoms with Gasteiger partial charge in [-0.05, 0) is 0 Å². The van der Waals surface area contributed by atoms with Gasteiger partial charge in [0.25, 0.3) is 0 Å². The van der Waals surface area contributed by atoms with E-state index < -0.39 is 0 Å². The van der Waals surface area contributed by atoms with Crippen LogP contribution in [0.4, 0.5) is 0 Å². The molecule has 0 N–H and O–H groups in total. The van der Waals surface area contributed by atoms with Gasteiger partial charge in [-0.3, -0.25) is 0 Å². The van der Waals surface area contributed by atoms with Crippen LogP contribution >= 0.6 is 0 Å². The van der Waals surface area contributed by atoms with Crippen LogP contribution in [0.3, 0.4) is 0 Å². The van der Waals surface area contributed by atoms with Crippen molar-refractivity contribution in [2.24, 2.45) is 11.8 Å². The van der Waals surface area contributed by atoms with E-state index in [0.717, 1.165) is 12.8 Å². The van der Waals surface area contributed by atoms with Gasteiger partial charge >= 0.3 is 46.1 Å². The second kappa shape index (κ2) is 19.1. The Morgan fingerprint density at radius 1 is 0.833 bits per heavy atom. The third-order valence-corrected chi connectivity index (χ3v) is 1.72. The molecule has 0 nitrogen and oxygen atoms in total. The van der Waals surface area contributed by atoms with Crippen LogP contribution < -0.4 is 34.0 Å². The van der Waals surface area contributed by atoms with Crippen molar-refractivity contribution >= 4 is 46.1 Å². The van der Waals surface area contributed by atoms with Crippen LogP contribution in [0.15, 0.2) is 0 Å². The fourth-order valence-corrected chi connectivity index (χ4v) is 0.667. The minimum atomic E-state index is 0. The molecule has 0 radical (unpaired) electrons. The van der Waals surface area contributed by atoms with Gasteiger partial charge in [-0.15, -0.1) is 0 Å². The molecule has 0 aromatic carbocycles. The van der Waals surface area contributed by atoms with Gasteiger partial charge < -0.3 is 47.8 Å². The topological polar surface area (TPSA) is 0 Å². The number of hydrogen-bond acceptors (Lipinski definition) is 0. The monoisotopic (exact) mass is 318 g/mol. The molecular formula is C8H16Br2Mg2. The minimum Gasteiger partial charge on any atom is -1.00 e. The Hall–Kier alpha value is 2.49. The zero-order valence-corrected chi connectivity index (χ0v) is 14.2. The summed E-state index contributed by atoms with van der Waals surface area (Å²) in [5, 5.41) is 0. The summed E-state index contributed by atoms with van der Waals surface area (Å²) in [6.45, 7) is 12.2. The Bertz CT molecular complexity index is 55.0. The largest absolute Gasteiger partial charge is 2.00 e. The zero-order valence-electron chi connectivity index (χ0n) is 8.15. The maximum Gasteiger partial charge on any atom is 2.00 e. The van der Waals surface area contributed by atoms with Crippen molar-refractivity contribution in [3.05, 3.63) is 13.8 Å². The van der Waals surface area contributed by atoms with Gasteiger partial charge in [-0.25, -0.2) is 0 Å². The zero-order chi connectivity index (χ0) is 6.57. The molecule has 0 heterocycles. The number of rotatable bonds is 3. The average Bonchev–Trinajstić information content (AvgIpc) is 1.84. The van der Waals surface area contributed by atoms with E-state index in [-0.39, 0.29) is 80.1 Å². The molecule has 0 saturated heterocycles. The van der Waals surface area contributed by atoms with Crippen LogP contribution in [-0.4, -0.2) is 46.1 Å². The first-order valence-corrected chi connectivity index (χ1v) is 3.38. The van der Waals surface area contributed by atoms with Crippen molar-refractivity contribution in [3.63, 3.8) is 0 Å². The molecule has 0 aromatic heterocycles. The molecule has 0 saturated carbocycles. The molecule has 2 atom stereocenters. The van der Waals surface area contributed by atoms with E-state index in [4.69, 9.17) is 0 Å². The molecule has 0 fully saturated rings. The van der Waals surface area contributed by atoms with E-state index in [1.54, 1.807) is 0 Å². The Balaban J connectivity index is -0.0000000408. The van der Waals surface area contributed by atoms with Crippen LogP contribution in [-0.2, 0) is 0 Å². The van der Waals surface area contributed by atoms with E-state index >= 15 is 0 Å². The third kappa shape index (κ3) is 15.0. The van der Waals surface area contributed by atoms with Gasteiger partial charge in [0.2, 0.25) is 0 Å². The fourth-order valence-electron chi connectivity index (χ4n) is 0.667. The molecule has 4 heteroatoms. The Morgan fingerprint density at radius 2 is 1.00 bits per heavy atom. The Labute approximate surface area is 131 Å². The molecule has 66 valence electrons. The van der Waals surface area contributed by atoms with Crippen LogP contribution in [0.2, 0.25) is 0 Å². The molecule has 0 amide bonds. The maximum absolute atomic E-state index is 3.96. The van der Waals surface area contributed by atoms with E-state index in [2.05, 4.69) is 27.7 Å². The van der Waals surface area contributed by atoms with Crippen molar-refractivity contribution < 1.29 is 34.0 Å². The average molecular weight is 321 g/mol. The maximum atomic E-state index is 3.96. The molecule has 0 rings (SSSR count). The molecule has 0 aliphatic heterocycles. The predicted molar refractivity (Wildman–Crippen MR) is 49.8 cm³/mol. The smallest absolute Gasteiger partial charge is 1.00 e.